The highest BCUT2D eigenvalue weighted by Gasteiger charge is 2.64. The van der Waals surface area contributed by atoms with Gasteiger partial charge in [0.1, 0.15) is 23.2 Å². The lowest BCUT2D eigenvalue weighted by Crippen LogP contribution is -2.71. The van der Waals surface area contributed by atoms with E-state index >= 15 is 0 Å². The summed E-state index contributed by atoms with van der Waals surface area (Å²) in [4.78, 5) is 51.5. The second kappa shape index (κ2) is 8.01. The van der Waals surface area contributed by atoms with Crippen LogP contribution in [0.5, 0.6) is 5.75 Å². The van der Waals surface area contributed by atoms with Crippen LogP contribution in [0.2, 0.25) is 0 Å². The van der Waals surface area contributed by atoms with E-state index in [9.17, 15) is 24.3 Å². The Bertz CT molecular complexity index is 1020. The number of rotatable bonds is 6. The first-order chi connectivity index (χ1) is 14.7. The molecule has 2 aromatic rings. The number of carboxylic acid groups (broad SMARTS) is 1. The lowest BCUT2D eigenvalue weighted by molar-refractivity contribution is -0.161. The number of fused-ring (bicyclic) bond motifs is 1. The highest BCUT2D eigenvalue weighted by atomic mass is 32.2. The van der Waals surface area contributed by atoms with Crippen molar-refractivity contribution in [2.45, 2.75) is 42.0 Å². The molecular weight excluding hydrogens is 440 g/mol. The topological polar surface area (TPSA) is 113 Å². The van der Waals surface area contributed by atoms with Gasteiger partial charge in [-0.2, -0.15) is 11.3 Å². The average molecular weight is 461 g/mol. The number of carboxylic acids is 1. The van der Waals surface area contributed by atoms with Crippen LogP contribution in [-0.4, -0.2) is 56.0 Å². The molecule has 0 saturated carbocycles. The smallest absolute Gasteiger partial charge is 0.328 e. The van der Waals surface area contributed by atoms with E-state index in [0.29, 0.717) is 11.3 Å². The maximum absolute atomic E-state index is 13.1. The van der Waals surface area contributed by atoms with E-state index in [0.717, 1.165) is 0 Å². The molecule has 4 rings (SSSR count). The number of thioether (sulfide) groups is 1. The van der Waals surface area contributed by atoms with Gasteiger partial charge in [0, 0.05) is 4.75 Å². The van der Waals surface area contributed by atoms with Crippen LogP contribution in [-0.2, 0) is 19.2 Å². The number of thiophene rings is 1. The van der Waals surface area contributed by atoms with Gasteiger partial charge in [-0.05, 0) is 48.4 Å². The fraction of sp³-hybridized carbons (Fsp3) is 0.333. The summed E-state index contributed by atoms with van der Waals surface area (Å²) in [5, 5.41) is 15.1. The molecule has 4 atom stereocenters. The molecule has 3 heterocycles. The van der Waals surface area contributed by atoms with Crippen molar-refractivity contribution in [2.75, 3.05) is 0 Å². The van der Waals surface area contributed by atoms with Gasteiger partial charge in [0.15, 0.2) is 5.92 Å². The minimum atomic E-state index is -1.25. The van der Waals surface area contributed by atoms with Crippen molar-refractivity contribution < 1.29 is 29.0 Å². The molecule has 2 saturated heterocycles. The highest BCUT2D eigenvalue weighted by molar-refractivity contribution is 8.01. The third kappa shape index (κ3) is 3.81. The Morgan fingerprint density at radius 2 is 1.90 bits per heavy atom. The number of esters is 1. The summed E-state index contributed by atoms with van der Waals surface area (Å²) in [7, 11) is 0. The number of carbonyl (C=O) groups is 4. The van der Waals surface area contributed by atoms with E-state index < -0.39 is 51.9 Å². The van der Waals surface area contributed by atoms with Crippen LogP contribution in [0.1, 0.15) is 25.3 Å². The first-order valence-corrected chi connectivity index (χ1v) is 11.3. The van der Waals surface area contributed by atoms with Gasteiger partial charge < -0.3 is 20.1 Å². The van der Waals surface area contributed by atoms with Crippen LogP contribution in [0.15, 0.2) is 47.2 Å². The molecule has 2 N–H and O–H groups in total. The van der Waals surface area contributed by atoms with Gasteiger partial charge >= 0.3 is 11.9 Å². The van der Waals surface area contributed by atoms with Crippen molar-refractivity contribution in [1.29, 1.82) is 0 Å². The fourth-order valence-electron chi connectivity index (χ4n) is 3.88. The van der Waals surface area contributed by atoms with Gasteiger partial charge in [-0.25, -0.2) is 4.79 Å². The zero-order valence-electron chi connectivity index (χ0n) is 16.7. The Kier molecular flexibility index (Phi) is 5.52. The summed E-state index contributed by atoms with van der Waals surface area (Å²) < 4.78 is 4.67. The molecule has 1 aromatic carbocycles. The van der Waals surface area contributed by atoms with E-state index in [1.54, 1.807) is 61.0 Å². The maximum Gasteiger partial charge on any atom is 0.328 e. The number of benzene rings is 1. The lowest BCUT2D eigenvalue weighted by atomic mass is 9.95. The summed E-state index contributed by atoms with van der Waals surface area (Å²) in [5.41, 5.74) is 0.467. The Hall–Kier alpha value is -2.85. The summed E-state index contributed by atoms with van der Waals surface area (Å²) in [5.74, 6) is -3.90. The summed E-state index contributed by atoms with van der Waals surface area (Å²) in [6, 6.07) is 8.20. The maximum atomic E-state index is 13.1. The molecular formula is C21H20N2O6S2. The molecule has 2 aliphatic heterocycles. The van der Waals surface area contributed by atoms with Gasteiger partial charge in [-0.15, -0.1) is 11.8 Å². The number of nitrogens with zero attached hydrogens (tertiary/aromatic N) is 1. The van der Waals surface area contributed by atoms with Crippen molar-refractivity contribution in [3.8, 4) is 5.75 Å². The van der Waals surface area contributed by atoms with Crippen LogP contribution >= 0.6 is 23.1 Å². The number of nitrogens with one attached hydrogen (secondary N) is 1. The molecule has 0 bridgehead atoms. The Balaban J connectivity index is 1.52. The number of para-hydroxylation sites is 1. The van der Waals surface area contributed by atoms with E-state index in [1.807, 2.05) is 0 Å². The van der Waals surface area contributed by atoms with Gasteiger partial charge in [-0.3, -0.25) is 14.4 Å². The largest absolute Gasteiger partial charge is 0.480 e. The molecule has 10 heteroatoms. The third-order valence-corrected chi connectivity index (χ3v) is 7.58. The molecule has 2 amide bonds. The van der Waals surface area contributed by atoms with Crippen molar-refractivity contribution >= 4 is 46.9 Å². The number of carbonyl (C=O) groups excluding carboxylic acids is 3. The van der Waals surface area contributed by atoms with Gasteiger partial charge in [0.25, 0.3) is 0 Å². The predicted molar refractivity (Wildman–Crippen MR) is 115 cm³/mol. The third-order valence-electron chi connectivity index (χ3n) is 5.31. The second-order valence-electron chi connectivity index (χ2n) is 7.81. The fourth-order valence-corrected chi connectivity index (χ4v) is 6.19. The summed E-state index contributed by atoms with van der Waals surface area (Å²) >= 11 is 2.66. The number of hydrogen-bond donors (Lipinski definition) is 2. The minimum Gasteiger partial charge on any atom is -0.480 e. The van der Waals surface area contributed by atoms with Crippen molar-refractivity contribution in [1.82, 2.24) is 10.2 Å². The van der Waals surface area contributed by atoms with Crippen LogP contribution < -0.4 is 10.1 Å². The molecule has 0 spiro atoms. The first kappa shape index (κ1) is 21.4. The summed E-state index contributed by atoms with van der Waals surface area (Å²) in [6.07, 6.45) is 0. The van der Waals surface area contributed by atoms with E-state index in [4.69, 9.17) is 4.74 Å². The van der Waals surface area contributed by atoms with Crippen LogP contribution in [0.3, 0.4) is 0 Å². The van der Waals surface area contributed by atoms with Gasteiger partial charge in [0.2, 0.25) is 11.8 Å². The molecule has 31 heavy (non-hydrogen) atoms. The quantitative estimate of drug-likeness (QED) is 0.294. The molecule has 1 aromatic heterocycles. The van der Waals surface area contributed by atoms with Gasteiger partial charge in [0.05, 0.1) is 0 Å². The monoisotopic (exact) mass is 460 g/mol. The number of ether oxygens (including phenoxy) is 1. The van der Waals surface area contributed by atoms with Crippen LogP contribution in [0.4, 0.5) is 0 Å². The predicted octanol–water partition coefficient (Wildman–Crippen LogP) is 2.07. The molecule has 0 radical (unpaired) electrons. The number of amides is 2. The van der Waals surface area contributed by atoms with Crippen LogP contribution in [0.25, 0.3) is 0 Å². The lowest BCUT2D eigenvalue weighted by Gasteiger charge is -2.43. The second-order valence-corrected chi connectivity index (χ2v) is 10.4. The normalized spacial score (nSPS) is 24.6. The Labute approximate surface area is 186 Å². The molecule has 8 nitrogen and oxygen atoms in total. The van der Waals surface area contributed by atoms with Crippen molar-refractivity contribution in [2.24, 2.45) is 0 Å². The Morgan fingerprint density at radius 1 is 1.19 bits per heavy atom. The van der Waals surface area contributed by atoms with Crippen molar-refractivity contribution in [3.63, 3.8) is 0 Å². The van der Waals surface area contributed by atoms with Gasteiger partial charge in [-0.1, -0.05) is 18.2 Å². The zero-order chi connectivity index (χ0) is 22.3. The SMILES string of the molecule is CC1(C)S[C@@H]2[C@H](NC(=O)[C@H](C(=O)Oc3ccccc3)c3ccsc3)C(=O)N2[C@H]1C(=O)O. The number of aliphatic carboxylic acids is 1. The molecule has 2 aliphatic rings. The molecule has 162 valence electrons. The van der Waals surface area contributed by atoms with Crippen molar-refractivity contribution in [3.05, 3.63) is 52.7 Å². The number of hydrogen-bond acceptors (Lipinski definition) is 7. The Morgan fingerprint density at radius 3 is 2.52 bits per heavy atom. The average Bonchev–Trinajstić information content (AvgIpc) is 3.31. The first-order valence-electron chi connectivity index (χ1n) is 9.53. The molecule has 0 aliphatic carbocycles. The van der Waals surface area contributed by atoms with E-state index in [1.165, 1.54) is 28.0 Å². The molecule has 0 unspecified atom stereocenters. The van der Waals surface area contributed by atoms with E-state index in [2.05, 4.69) is 5.32 Å². The van der Waals surface area contributed by atoms with Crippen LogP contribution in [0, 0.1) is 0 Å². The summed E-state index contributed by atoms with van der Waals surface area (Å²) in [6.45, 7) is 3.51. The standard InChI is InChI=1S/C21H20N2O6S2/c1-21(2)15(19(26)27)23-17(25)14(18(23)31-21)22-16(24)13(11-8-9-30-10-11)20(28)29-12-6-4-3-5-7-12/h3-10,13-15,18H,1-2H3,(H,22,24)(H,26,27)/t13-,14-,15+,18-/m1/s1. The highest BCUT2D eigenvalue weighted by Crippen LogP contribution is 2.50. The molecule has 2 fully saturated rings. The minimum absolute atomic E-state index is 0.309. The number of β-lactam (4-membered cyclic amide) rings is 1. The zero-order valence-corrected chi connectivity index (χ0v) is 18.3. The van der Waals surface area contributed by atoms with E-state index in [-0.39, 0.29) is 0 Å².